The van der Waals surface area contributed by atoms with E-state index in [2.05, 4.69) is 13.8 Å². The van der Waals surface area contributed by atoms with Crippen molar-refractivity contribution < 1.29 is 18.9 Å². The van der Waals surface area contributed by atoms with Gasteiger partial charge in [-0.2, -0.15) is 0 Å². The third kappa shape index (κ3) is 9.97. The quantitative estimate of drug-likeness (QED) is 0.236. The van der Waals surface area contributed by atoms with Gasteiger partial charge in [-0.05, 0) is 33.6 Å². The van der Waals surface area contributed by atoms with Gasteiger partial charge in [0.15, 0.2) is 0 Å². The molecule has 146 valence electrons. The molecule has 0 rings (SSSR count). The average Bonchev–Trinajstić information content (AvgIpc) is 2.57. The minimum Gasteiger partial charge on any atom is -0.370 e. The second-order valence-corrected chi connectivity index (χ2v) is 6.17. The number of hydrogen-bond donors (Lipinski definition) is 0. The molecule has 0 aliphatic carbocycles. The zero-order valence-corrected chi connectivity index (χ0v) is 16.9. The van der Waals surface area contributed by atoms with E-state index in [-0.39, 0.29) is 6.10 Å². The molecule has 0 N–H and O–H groups in total. The maximum absolute atomic E-state index is 6.16. The first-order chi connectivity index (χ1) is 11.7. The van der Waals surface area contributed by atoms with Crippen LogP contribution in [-0.4, -0.2) is 38.5 Å². The minimum atomic E-state index is -1.06. The monoisotopic (exact) mass is 346 g/mol. The SMILES string of the molecule is CCCCCCCCC(OCCCC)C(OCC)(OCC)OCC. The highest BCUT2D eigenvalue weighted by molar-refractivity contribution is 4.73. The van der Waals surface area contributed by atoms with Crippen molar-refractivity contribution in [3.63, 3.8) is 0 Å². The van der Waals surface area contributed by atoms with Crippen molar-refractivity contribution in [3.8, 4) is 0 Å². The molecule has 0 amide bonds. The van der Waals surface area contributed by atoms with E-state index in [4.69, 9.17) is 18.9 Å². The second kappa shape index (κ2) is 16.3. The molecule has 0 aliphatic rings. The van der Waals surface area contributed by atoms with Crippen molar-refractivity contribution >= 4 is 0 Å². The molecule has 0 bridgehead atoms. The maximum Gasteiger partial charge on any atom is 0.310 e. The Hall–Kier alpha value is -0.160. The van der Waals surface area contributed by atoms with Gasteiger partial charge in [0, 0.05) is 26.4 Å². The van der Waals surface area contributed by atoms with Crippen molar-refractivity contribution in [1.82, 2.24) is 0 Å². The summed E-state index contributed by atoms with van der Waals surface area (Å²) in [7, 11) is 0. The van der Waals surface area contributed by atoms with Crippen LogP contribution in [0.1, 0.15) is 92.4 Å². The number of ether oxygens (including phenoxy) is 4. The van der Waals surface area contributed by atoms with E-state index in [9.17, 15) is 0 Å². The standard InChI is InChI=1S/C20H42O4/c1-6-11-13-14-15-16-17-19(21-18-12-7-2)20(22-8-3,23-9-4)24-10-5/h19H,6-18H2,1-5H3. The fourth-order valence-electron chi connectivity index (χ4n) is 2.85. The fraction of sp³-hybridized carbons (Fsp3) is 1.00. The molecule has 0 saturated carbocycles. The summed E-state index contributed by atoms with van der Waals surface area (Å²) in [5, 5.41) is 0. The Bertz CT molecular complexity index is 241. The molecule has 4 nitrogen and oxygen atoms in total. The van der Waals surface area contributed by atoms with E-state index in [1.165, 1.54) is 32.1 Å². The second-order valence-electron chi connectivity index (χ2n) is 6.17. The van der Waals surface area contributed by atoms with Crippen LogP contribution in [0.25, 0.3) is 0 Å². The fourth-order valence-corrected chi connectivity index (χ4v) is 2.85. The molecule has 0 spiro atoms. The Balaban J connectivity index is 4.74. The van der Waals surface area contributed by atoms with Crippen LogP contribution in [0.2, 0.25) is 0 Å². The van der Waals surface area contributed by atoms with Crippen LogP contribution >= 0.6 is 0 Å². The molecule has 4 heteroatoms. The Morgan fingerprint density at radius 2 is 1.12 bits per heavy atom. The molecule has 0 aliphatic heterocycles. The normalized spacial score (nSPS) is 13.4. The van der Waals surface area contributed by atoms with Crippen LogP contribution in [0.15, 0.2) is 0 Å². The topological polar surface area (TPSA) is 36.9 Å². The smallest absolute Gasteiger partial charge is 0.310 e. The minimum absolute atomic E-state index is 0.171. The van der Waals surface area contributed by atoms with Gasteiger partial charge in [-0.25, -0.2) is 0 Å². The first kappa shape index (κ1) is 23.8. The first-order valence-electron chi connectivity index (χ1n) is 10.2. The molecule has 0 aromatic rings. The number of hydrogen-bond acceptors (Lipinski definition) is 4. The summed E-state index contributed by atoms with van der Waals surface area (Å²) in [6.45, 7) is 12.7. The van der Waals surface area contributed by atoms with Crippen LogP contribution in [0, 0.1) is 0 Å². The lowest BCUT2D eigenvalue weighted by Gasteiger charge is -2.38. The third-order valence-corrected chi connectivity index (χ3v) is 4.07. The van der Waals surface area contributed by atoms with Gasteiger partial charge in [0.05, 0.1) is 0 Å². The van der Waals surface area contributed by atoms with Crippen molar-refractivity contribution in [1.29, 1.82) is 0 Å². The van der Waals surface area contributed by atoms with Gasteiger partial charge in [0.25, 0.3) is 0 Å². The van der Waals surface area contributed by atoms with Crippen molar-refractivity contribution in [2.75, 3.05) is 26.4 Å². The zero-order chi connectivity index (χ0) is 18.1. The van der Waals surface area contributed by atoms with E-state index in [1.807, 2.05) is 20.8 Å². The summed E-state index contributed by atoms with van der Waals surface area (Å²) in [6.07, 6.45) is 10.5. The van der Waals surface area contributed by atoms with Gasteiger partial charge >= 0.3 is 5.97 Å². The van der Waals surface area contributed by atoms with E-state index < -0.39 is 5.97 Å². The molecular weight excluding hydrogens is 304 g/mol. The molecule has 1 atom stereocenters. The predicted molar refractivity (Wildman–Crippen MR) is 100 cm³/mol. The summed E-state index contributed by atoms with van der Waals surface area (Å²) in [5.74, 6) is -1.06. The van der Waals surface area contributed by atoms with E-state index in [0.29, 0.717) is 19.8 Å². The van der Waals surface area contributed by atoms with Crippen LogP contribution in [0.4, 0.5) is 0 Å². The maximum atomic E-state index is 6.16. The highest BCUT2D eigenvalue weighted by Crippen LogP contribution is 2.28. The molecule has 0 fully saturated rings. The molecule has 1 unspecified atom stereocenters. The summed E-state index contributed by atoms with van der Waals surface area (Å²) < 4.78 is 23.9. The third-order valence-electron chi connectivity index (χ3n) is 4.07. The Morgan fingerprint density at radius 1 is 0.625 bits per heavy atom. The lowest BCUT2D eigenvalue weighted by atomic mass is 10.1. The Morgan fingerprint density at radius 3 is 1.62 bits per heavy atom. The highest BCUT2D eigenvalue weighted by Gasteiger charge is 2.42. The van der Waals surface area contributed by atoms with Crippen LogP contribution < -0.4 is 0 Å². The van der Waals surface area contributed by atoms with Crippen LogP contribution in [0.3, 0.4) is 0 Å². The zero-order valence-electron chi connectivity index (χ0n) is 16.9. The summed E-state index contributed by atoms with van der Waals surface area (Å²) in [5.41, 5.74) is 0. The Labute approximate surface area is 150 Å². The molecular formula is C20H42O4. The molecule has 0 aromatic heterocycles. The molecule has 0 aromatic carbocycles. The summed E-state index contributed by atoms with van der Waals surface area (Å²) in [6, 6.07) is 0. The number of rotatable bonds is 18. The largest absolute Gasteiger partial charge is 0.370 e. The van der Waals surface area contributed by atoms with Crippen molar-refractivity contribution in [2.45, 2.75) is 104 Å². The average molecular weight is 347 g/mol. The predicted octanol–water partition coefficient (Wildman–Crippen LogP) is 5.69. The van der Waals surface area contributed by atoms with Gasteiger partial charge in [-0.15, -0.1) is 0 Å². The van der Waals surface area contributed by atoms with Crippen LogP contribution in [-0.2, 0) is 18.9 Å². The van der Waals surface area contributed by atoms with Crippen molar-refractivity contribution in [3.05, 3.63) is 0 Å². The van der Waals surface area contributed by atoms with Crippen LogP contribution in [0.5, 0.6) is 0 Å². The van der Waals surface area contributed by atoms with Gasteiger partial charge in [-0.1, -0.05) is 58.8 Å². The van der Waals surface area contributed by atoms with E-state index in [1.54, 1.807) is 0 Å². The number of unbranched alkanes of at least 4 members (excludes halogenated alkanes) is 6. The lowest BCUT2D eigenvalue weighted by Crippen LogP contribution is -2.51. The van der Waals surface area contributed by atoms with Gasteiger partial charge < -0.3 is 18.9 Å². The molecule has 0 radical (unpaired) electrons. The van der Waals surface area contributed by atoms with E-state index >= 15 is 0 Å². The summed E-state index contributed by atoms with van der Waals surface area (Å²) >= 11 is 0. The van der Waals surface area contributed by atoms with Crippen molar-refractivity contribution in [2.24, 2.45) is 0 Å². The molecule has 24 heavy (non-hydrogen) atoms. The first-order valence-corrected chi connectivity index (χ1v) is 10.2. The molecule has 0 saturated heterocycles. The van der Waals surface area contributed by atoms with Gasteiger partial charge in [0.2, 0.25) is 0 Å². The van der Waals surface area contributed by atoms with Gasteiger partial charge in [-0.3, -0.25) is 0 Å². The Kier molecular flexibility index (Phi) is 16.2. The van der Waals surface area contributed by atoms with E-state index in [0.717, 1.165) is 32.3 Å². The highest BCUT2D eigenvalue weighted by atomic mass is 16.9. The van der Waals surface area contributed by atoms with Gasteiger partial charge in [0.1, 0.15) is 6.10 Å². The summed E-state index contributed by atoms with van der Waals surface area (Å²) in [4.78, 5) is 0. The molecule has 0 heterocycles. The lowest BCUT2D eigenvalue weighted by molar-refractivity contribution is -0.415.